The van der Waals surface area contributed by atoms with Gasteiger partial charge in [0.25, 0.3) is 5.56 Å². The van der Waals surface area contributed by atoms with Crippen molar-refractivity contribution in [2.75, 3.05) is 39.5 Å². The maximum atomic E-state index is 12.6. The van der Waals surface area contributed by atoms with E-state index in [1.807, 2.05) is 24.3 Å². The fourth-order valence-corrected chi connectivity index (χ4v) is 4.77. The average Bonchev–Trinajstić information content (AvgIpc) is 3.48. The number of nitrogens with one attached hydrogen (secondary N) is 1. The van der Waals surface area contributed by atoms with E-state index in [-0.39, 0.29) is 18.0 Å². The zero-order valence-electron chi connectivity index (χ0n) is 18.9. The Bertz CT molecular complexity index is 1100. The Morgan fingerprint density at radius 3 is 2.76 bits per heavy atom. The second kappa shape index (κ2) is 11.1. The predicted molar refractivity (Wildman–Crippen MR) is 130 cm³/mol. The van der Waals surface area contributed by atoms with E-state index in [1.165, 1.54) is 12.8 Å². The van der Waals surface area contributed by atoms with Crippen LogP contribution in [0.5, 0.6) is 5.75 Å². The largest absolute Gasteiger partial charge is 0.493 e. The van der Waals surface area contributed by atoms with E-state index in [0.29, 0.717) is 36.1 Å². The third-order valence-electron chi connectivity index (χ3n) is 6.51. The van der Waals surface area contributed by atoms with Crippen LogP contribution < -0.4 is 10.3 Å². The number of rotatable bonds is 8. The zero-order valence-corrected chi connectivity index (χ0v) is 19.7. The van der Waals surface area contributed by atoms with Gasteiger partial charge in [0.2, 0.25) is 0 Å². The van der Waals surface area contributed by atoms with Crippen molar-refractivity contribution in [1.29, 1.82) is 0 Å². The van der Waals surface area contributed by atoms with Crippen molar-refractivity contribution in [3.05, 3.63) is 52.3 Å². The fraction of sp³-hybridized carbons (Fsp3) is 0.542. The number of imidazole rings is 1. The molecule has 178 valence electrons. The summed E-state index contributed by atoms with van der Waals surface area (Å²) >= 11 is 0. The van der Waals surface area contributed by atoms with Crippen molar-refractivity contribution < 1.29 is 9.47 Å². The smallest absolute Gasteiger partial charge is 0.279 e. The number of fused-ring (bicyclic) bond motifs is 1. The molecule has 2 aromatic heterocycles. The van der Waals surface area contributed by atoms with Gasteiger partial charge in [0.1, 0.15) is 11.6 Å². The molecule has 0 atom stereocenters. The molecule has 3 heterocycles. The molecule has 9 heteroatoms. The van der Waals surface area contributed by atoms with E-state index in [1.54, 1.807) is 6.33 Å². The molecule has 0 amide bonds. The van der Waals surface area contributed by atoms with Gasteiger partial charge < -0.3 is 19.0 Å². The normalized spacial score (nSPS) is 17.3. The van der Waals surface area contributed by atoms with Crippen LogP contribution in [0.1, 0.15) is 49.5 Å². The number of H-pyrrole nitrogens is 1. The molecule has 1 aromatic carbocycles. The molecule has 0 spiro atoms. The first-order valence-corrected chi connectivity index (χ1v) is 11.7. The number of morpholine rings is 1. The van der Waals surface area contributed by atoms with Crippen LogP contribution in [0.25, 0.3) is 11.2 Å². The molecule has 0 radical (unpaired) electrons. The molecule has 1 saturated carbocycles. The number of nitrogens with zero attached hydrogens (tertiary/aromatic N) is 4. The number of ether oxygens (including phenoxy) is 2. The fourth-order valence-electron chi connectivity index (χ4n) is 4.77. The van der Waals surface area contributed by atoms with E-state index in [4.69, 9.17) is 14.5 Å². The molecule has 1 N–H and O–H groups in total. The van der Waals surface area contributed by atoms with Gasteiger partial charge in [-0.25, -0.2) is 9.97 Å². The lowest BCUT2D eigenvalue weighted by atomic mass is 10.1. The van der Waals surface area contributed by atoms with Crippen LogP contribution in [0.15, 0.2) is 35.4 Å². The molecule has 5 rings (SSSR count). The van der Waals surface area contributed by atoms with Gasteiger partial charge in [-0.1, -0.05) is 31.0 Å². The molecule has 3 aromatic rings. The van der Waals surface area contributed by atoms with E-state index in [9.17, 15) is 4.79 Å². The number of halogens is 1. The van der Waals surface area contributed by atoms with Crippen LogP contribution in [0.2, 0.25) is 0 Å². The number of hydrogen-bond donors (Lipinski definition) is 1. The van der Waals surface area contributed by atoms with Crippen molar-refractivity contribution in [1.82, 2.24) is 24.4 Å². The molecule has 1 aliphatic carbocycles. The summed E-state index contributed by atoms with van der Waals surface area (Å²) in [5, 5.41) is 0. The summed E-state index contributed by atoms with van der Waals surface area (Å²) in [7, 11) is 0. The first kappa shape index (κ1) is 23.7. The monoisotopic (exact) mass is 473 g/mol. The van der Waals surface area contributed by atoms with Gasteiger partial charge in [-0.2, -0.15) is 0 Å². The summed E-state index contributed by atoms with van der Waals surface area (Å²) in [4.78, 5) is 27.1. The highest BCUT2D eigenvalue weighted by atomic mass is 35.5. The van der Waals surface area contributed by atoms with Gasteiger partial charge in [-0.15, -0.1) is 12.4 Å². The maximum Gasteiger partial charge on any atom is 0.279 e. The second-order valence-corrected chi connectivity index (χ2v) is 8.72. The van der Waals surface area contributed by atoms with Gasteiger partial charge in [0.15, 0.2) is 11.2 Å². The third kappa shape index (κ3) is 5.57. The molecule has 2 aliphatic rings. The Labute approximate surface area is 199 Å². The Kier molecular flexibility index (Phi) is 8.01. The highest BCUT2D eigenvalue weighted by Crippen LogP contribution is 2.31. The Morgan fingerprint density at radius 2 is 1.94 bits per heavy atom. The number of aromatic amines is 1. The Balaban J connectivity index is 0.00000259. The van der Waals surface area contributed by atoms with E-state index in [0.717, 1.165) is 63.4 Å². The predicted octanol–water partition coefficient (Wildman–Crippen LogP) is 3.35. The van der Waals surface area contributed by atoms with Crippen molar-refractivity contribution in [2.24, 2.45) is 0 Å². The van der Waals surface area contributed by atoms with Crippen molar-refractivity contribution in [2.45, 2.75) is 44.6 Å². The summed E-state index contributed by atoms with van der Waals surface area (Å²) < 4.78 is 13.6. The maximum absolute atomic E-state index is 12.6. The summed E-state index contributed by atoms with van der Waals surface area (Å²) in [5.41, 5.74) is 1.96. The molecule has 1 aliphatic heterocycles. The van der Waals surface area contributed by atoms with Crippen LogP contribution in [-0.2, 0) is 11.2 Å². The number of benzene rings is 1. The molecule has 2 fully saturated rings. The van der Waals surface area contributed by atoms with Crippen LogP contribution in [0.3, 0.4) is 0 Å². The third-order valence-corrected chi connectivity index (χ3v) is 6.51. The quantitative estimate of drug-likeness (QED) is 0.505. The first-order chi connectivity index (χ1) is 15.8. The van der Waals surface area contributed by atoms with Gasteiger partial charge in [-0.3, -0.25) is 9.69 Å². The minimum absolute atomic E-state index is 0. The van der Waals surface area contributed by atoms with E-state index >= 15 is 0 Å². The van der Waals surface area contributed by atoms with Crippen LogP contribution in [-0.4, -0.2) is 63.9 Å². The summed E-state index contributed by atoms with van der Waals surface area (Å²) in [6.45, 7) is 5.30. The van der Waals surface area contributed by atoms with E-state index in [2.05, 4.69) is 19.4 Å². The highest BCUT2D eigenvalue weighted by molar-refractivity contribution is 5.85. The van der Waals surface area contributed by atoms with Crippen molar-refractivity contribution in [3.8, 4) is 5.75 Å². The number of aromatic nitrogens is 4. The van der Waals surface area contributed by atoms with Gasteiger partial charge in [-0.05, 0) is 25.3 Å². The number of para-hydroxylation sites is 1. The molecular weight excluding hydrogens is 442 g/mol. The van der Waals surface area contributed by atoms with Crippen molar-refractivity contribution in [3.63, 3.8) is 0 Å². The minimum atomic E-state index is -0.175. The van der Waals surface area contributed by atoms with Gasteiger partial charge >= 0.3 is 0 Å². The zero-order chi connectivity index (χ0) is 21.8. The Hall–Kier alpha value is -2.42. The lowest BCUT2D eigenvalue weighted by Gasteiger charge is -2.26. The molecule has 0 unspecified atom stereocenters. The molecule has 1 saturated heterocycles. The number of hydrogen-bond acceptors (Lipinski definition) is 6. The van der Waals surface area contributed by atoms with E-state index < -0.39 is 0 Å². The van der Waals surface area contributed by atoms with Crippen molar-refractivity contribution >= 4 is 23.6 Å². The lowest BCUT2D eigenvalue weighted by Crippen LogP contribution is -2.37. The van der Waals surface area contributed by atoms with Gasteiger partial charge in [0, 0.05) is 37.7 Å². The lowest BCUT2D eigenvalue weighted by molar-refractivity contribution is 0.0358. The van der Waals surface area contributed by atoms with Crippen LogP contribution in [0.4, 0.5) is 0 Å². The molecule has 8 nitrogen and oxygen atoms in total. The second-order valence-electron chi connectivity index (χ2n) is 8.72. The van der Waals surface area contributed by atoms with Crippen LogP contribution >= 0.6 is 12.4 Å². The first-order valence-electron chi connectivity index (χ1n) is 11.7. The molecular formula is C24H32ClN5O3. The molecule has 0 bridgehead atoms. The standard InChI is InChI=1S/C24H31N5O3.ClH/c30-24-22-23(29(17-25-22)19-7-2-3-8-19)26-21(27-24)16-18-6-1-4-9-20(18)32-13-5-10-28-11-14-31-15-12-28;/h1,4,6,9,17,19H,2-3,5,7-8,10-16H2,(H,26,27,30);1H. The van der Waals surface area contributed by atoms with Gasteiger partial charge in [0.05, 0.1) is 26.1 Å². The summed E-state index contributed by atoms with van der Waals surface area (Å²) in [5.74, 6) is 1.49. The summed E-state index contributed by atoms with van der Waals surface area (Å²) in [6, 6.07) is 8.40. The molecule has 33 heavy (non-hydrogen) atoms. The van der Waals surface area contributed by atoms with Crippen LogP contribution in [0, 0.1) is 0 Å². The SMILES string of the molecule is Cl.O=c1[nH]c(Cc2ccccc2OCCCN2CCOCC2)nc2c1ncn2C1CCCC1. The average molecular weight is 474 g/mol. The highest BCUT2D eigenvalue weighted by Gasteiger charge is 2.21. The Morgan fingerprint density at radius 1 is 1.15 bits per heavy atom. The topological polar surface area (TPSA) is 85.3 Å². The summed E-state index contributed by atoms with van der Waals surface area (Å²) in [6.07, 6.45) is 7.94. The minimum Gasteiger partial charge on any atom is -0.493 e.